The Morgan fingerprint density at radius 3 is 2.92 bits per heavy atom. The Balaban J connectivity index is 1.73. The van der Waals surface area contributed by atoms with E-state index in [-0.39, 0.29) is 13.4 Å². The molecule has 4 heterocycles. The second-order valence-electron chi connectivity index (χ2n) is 6.46. The van der Waals surface area contributed by atoms with Crippen molar-refractivity contribution in [1.29, 1.82) is 0 Å². The van der Waals surface area contributed by atoms with Crippen LogP contribution in [0.4, 0.5) is 5.82 Å². The summed E-state index contributed by atoms with van der Waals surface area (Å²) in [4.78, 5) is 26.0. The Bertz CT molecular complexity index is 772. The predicted octanol–water partition coefficient (Wildman–Crippen LogP) is -0.672. The SMILES string of the molecule is COCOC[C@H]1O[C@H]2n3c(cc(=O)[nH]c3=O)N[C@]23OC(C)(C)O[C@H]13. The number of anilines is 1. The molecule has 1 aromatic rings. The van der Waals surface area contributed by atoms with Gasteiger partial charge in [0.05, 0.1) is 6.61 Å². The van der Waals surface area contributed by atoms with Crippen molar-refractivity contribution < 1.29 is 23.7 Å². The molecule has 0 amide bonds. The first kappa shape index (κ1) is 15.8. The van der Waals surface area contributed by atoms with Gasteiger partial charge in [0.2, 0.25) is 5.72 Å². The van der Waals surface area contributed by atoms with Crippen LogP contribution < -0.4 is 16.6 Å². The number of H-pyrrole nitrogens is 1. The molecule has 0 saturated carbocycles. The Morgan fingerprint density at radius 1 is 1.38 bits per heavy atom. The summed E-state index contributed by atoms with van der Waals surface area (Å²) in [5, 5.41) is 3.11. The zero-order valence-electron chi connectivity index (χ0n) is 13.5. The van der Waals surface area contributed by atoms with Crippen LogP contribution in [-0.2, 0) is 23.7 Å². The van der Waals surface area contributed by atoms with Gasteiger partial charge in [-0.25, -0.2) is 9.36 Å². The van der Waals surface area contributed by atoms with Crippen molar-refractivity contribution in [2.24, 2.45) is 0 Å². The molecule has 24 heavy (non-hydrogen) atoms. The molecule has 1 aromatic heterocycles. The topological polar surface area (TPSA) is 113 Å². The van der Waals surface area contributed by atoms with Crippen molar-refractivity contribution in [1.82, 2.24) is 9.55 Å². The maximum Gasteiger partial charge on any atom is 0.332 e. The third-order valence-electron chi connectivity index (χ3n) is 4.27. The first-order chi connectivity index (χ1) is 11.4. The molecule has 2 saturated heterocycles. The number of nitrogens with one attached hydrogen (secondary N) is 2. The van der Waals surface area contributed by atoms with Gasteiger partial charge >= 0.3 is 5.69 Å². The summed E-state index contributed by atoms with van der Waals surface area (Å²) in [6.45, 7) is 3.89. The number of methoxy groups -OCH3 is 1. The molecule has 0 bridgehead atoms. The highest BCUT2D eigenvalue weighted by Crippen LogP contribution is 2.54. The van der Waals surface area contributed by atoms with Gasteiger partial charge in [-0.15, -0.1) is 0 Å². The van der Waals surface area contributed by atoms with Crippen LogP contribution in [-0.4, -0.2) is 53.8 Å². The van der Waals surface area contributed by atoms with Crippen LogP contribution in [0.15, 0.2) is 15.7 Å². The minimum absolute atomic E-state index is 0.117. The standard InChI is InChI=1S/C14H19N3O7/c1-13(2)23-10-7(5-21-6-20-3)22-11-14(10,24-13)16-8-4-9(18)15-12(19)17(8)11/h4,7,10-11,16H,5-6H2,1-3H3,(H,15,18,19)/t7-,10-,11-,14-/m1/s1. The molecule has 10 nitrogen and oxygen atoms in total. The number of hydrogen-bond donors (Lipinski definition) is 2. The highest BCUT2D eigenvalue weighted by atomic mass is 16.8. The molecule has 2 N–H and O–H groups in total. The first-order valence-corrected chi connectivity index (χ1v) is 7.60. The third kappa shape index (κ3) is 2.15. The van der Waals surface area contributed by atoms with Gasteiger partial charge in [0.1, 0.15) is 24.8 Å². The van der Waals surface area contributed by atoms with Crippen molar-refractivity contribution in [3.8, 4) is 0 Å². The maximum absolute atomic E-state index is 12.2. The Morgan fingerprint density at radius 2 is 2.17 bits per heavy atom. The van der Waals surface area contributed by atoms with Crippen molar-refractivity contribution in [2.75, 3.05) is 25.8 Å². The maximum atomic E-state index is 12.2. The number of aromatic amines is 1. The molecular weight excluding hydrogens is 322 g/mol. The number of hydrogen-bond acceptors (Lipinski definition) is 8. The predicted molar refractivity (Wildman–Crippen MR) is 79.5 cm³/mol. The highest BCUT2D eigenvalue weighted by molar-refractivity contribution is 5.45. The van der Waals surface area contributed by atoms with Crippen molar-refractivity contribution >= 4 is 5.82 Å². The molecule has 2 fully saturated rings. The Kier molecular flexibility index (Phi) is 3.38. The van der Waals surface area contributed by atoms with Crippen molar-refractivity contribution in [3.63, 3.8) is 0 Å². The van der Waals surface area contributed by atoms with Gasteiger partial charge in [-0.2, -0.15) is 0 Å². The molecular formula is C14H19N3O7. The number of nitrogens with zero attached hydrogens (tertiary/aromatic N) is 1. The monoisotopic (exact) mass is 341 g/mol. The molecule has 3 aliphatic rings. The fourth-order valence-corrected chi connectivity index (χ4v) is 3.58. The smallest absolute Gasteiger partial charge is 0.332 e. The summed E-state index contributed by atoms with van der Waals surface area (Å²) < 4.78 is 29.6. The summed E-state index contributed by atoms with van der Waals surface area (Å²) in [6, 6.07) is 1.29. The molecule has 4 atom stereocenters. The van der Waals surface area contributed by atoms with E-state index in [0.717, 1.165) is 0 Å². The Hall–Kier alpha value is -1.72. The second-order valence-corrected chi connectivity index (χ2v) is 6.46. The van der Waals surface area contributed by atoms with E-state index in [1.54, 1.807) is 13.8 Å². The van der Waals surface area contributed by atoms with Crippen molar-refractivity contribution in [2.45, 2.75) is 43.8 Å². The normalized spacial score (nSPS) is 35.4. The fourth-order valence-electron chi connectivity index (χ4n) is 3.58. The van der Waals surface area contributed by atoms with Gasteiger partial charge in [0, 0.05) is 13.2 Å². The van der Waals surface area contributed by atoms with Crippen LogP contribution in [0.3, 0.4) is 0 Å². The van der Waals surface area contributed by atoms with Crippen LogP contribution in [0.5, 0.6) is 0 Å². The van der Waals surface area contributed by atoms with Gasteiger partial charge in [-0.1, -0.05) is 0 Å². The van der Waals surface area contributed by atoms with E-state index in [1.807, 2.05) is 0 Å². The fraction of sp³-hybridized carbons (Fsp3) is 0.714. The zero-order chi connectivity index (χ0) is 17.1. The van der Waals surface area contributed by atoms with Crippen LogP contribution in [0, 0.1) is 0 Å². The third-order valence-corrected chi connectivity index (χ3v) is 4.27. The van der Waals surface area contributed by atoms with Crippen LogP contribution >= 0.6 is 0 Å². The molecule has 0 unspecified atom stereocenters. The highest BCUT2D eigenvalue weighted by Gasteiger charge is 2.70. The van der Waals surface area contributed by atoms with Crippen molar-refractivity contribution in [3.05, 3.63) is 26.9 Å². The number of rotatable bonds is 4. The van der Waals surface area contributed by atoms with Crippen LogP contribution in [0.25, 0.3) is 0 Å². The molecule has 4 rings (SSSR count). The lowest BCUT2D eigenvalue weighted by atomic mass is 10.1. The Labute approximate surface area is 136 Å². The first-order valence-electron chi connectivity index (χ1n) is 7.60. The average molecular weight is 341 g/mol. The van der Waals surface area contributed by atoms with Gasteiger partial charge < -0.3 is 29.0 Å². The summed E-state index contributed by atoms with van der Waals surface area (Å²) in [7, 11) is 1.53. The van der Waals surface area contributed by atoms with E-state index >= 15 is 0 Å². The number of fused-ring (bicyclic) bond motifs is 2. The van der Waals surface area contributed by atoms with E-state index in [0.29, 0.717) is 5.82 Å². The largest absolute Gasteiger partial charge is 0.359 e. The van der Waals surface area contributed by atoms with Crippen LogP contribution in [0.1, 0.15) is 20.1 Å². The van der Waals surface area contributed by atoms with E-state index in [2.05, 4.69) is 10.3 Å². The molecule has 0 aromatic carbocycles. The van der Waals surface area contributed by atoms with E-state index < -0.39 is 41.2 Å². The summed E-state index contributed by atoms with van der Waals surface area (Å²) in [6.07, 6.45) is -1.77. The number of ether oxygens (including phenoxy) is 5. The molecule has 132 valence electrons. The van der Waals surface area contributed by atoms with Crippen LogP contribution in [0.2, 0.25) is 0 Å². The zero-order valence-corrected chi connectivity index (χ0v) is 13.5. The summed E-state index contributed by atoms with van der Waals surface area (Å²) in [5.41, 5.74) is -2.17. The van der Waals surface area contributed by atoms with E-state index in [1.165, 1.54) is 17.7 Å². The van der Waals surface area contributed by atoms with Gasteiger partial charge in [-0.05, 0) is 13.8 Å². The van der Waals surface area contributed by atoms with Gasteiger partial charge in [0.15, 0.2) is 12.0 Å². The minimum Gasteiger partial charge on any atom is -0.359 e. The summed E-state index contributed by atoms with van der Waals surface area (Å²) >= 11 is 0. The van der Waals surface area contributed by atoms with Gasteiger partial charge in [0.25, 0.3) is 5.56 Å². The lowest BCUT2D eigenvalue weighted by Gasteiger charge is -2.26. The summed E-state index contributed by atoms with van der Waals surface area (Å²) in [5.74, 6) is -0.550. The van der Waals surface area contributed by atoms with Gasteiger partial charge in [-0.3, -0.25) is 9.78 Å². The molecule has 1 spiro atoms. The lowest BCUT2D eigenvalue weighted by Crippen LogP contribution is -2.48. The molecule has 10 heteroatoms. The number of aromatic nitrogens is 2. The molecule has 0 aliphatic carbocycles. The molecule has 0 radical (unpaired) electrons. The quantitative estimate of drug-likeness (QED) is 0.547. The molecule has 3 aliphatic heterocycles. The van der Waals surface area contributed by atoms with E-state index in [4.69, 9.17) is 23.7 Å². The second kappa shape index (κ2) is 5.14. The lowest BCUT2D eigenvalue weighted by molar-refractivity contribution is -0.215. The average Bonchev–Trinajstić information content (AvgIpc) is 3.00. The van der Waals surface area contributed by atoms with E-state index in [9.17, 15) is 9.59 Å². The minimum atomic E-state index is -1.10.